The molecular weight excluding hydrogens is 388 g/mol. The van der Waals surface area contributed by atoms with Crippen molar-refractivity contribution in [2.75, 3.05) is 0 Å². The molecule has 0 aliphatic heterocycles. The fourth-order valence-corrected chi connectivity index (χ4v) is 4.07. The second-order valence-electron chi connectivity index (χ2n) is 7.79. The number of hydrogen-bond donors (Lipinski definition) is 2. The average molecular weight is 408 g/mol. The van der Waals surface area contributed by atoms with Gasteiger partial charge in [-0.15, -0.1) is 0 Å². The summed E-state index contributed by atoms with van der Waals surface area (Å²) in [7, 11) is 2.01. The summed E-state index contributed by atoms with van der Waals surface area (Å²) < 4.78 is 4.11. The van der Waals surface area contributed by atoms with Crippen LogP contribution in [-0.2, 0) is 7.05 Å². The summed E-state index contributed by atoms with van der Waals surface area (Å²) in [5, 5.41) is 9.66. The van der Waals surface area contributed by atoms with Gasteiger partial charge in [-0.2, -0.15) is 5.10 Å². The van der Waals surface area contributed by atoms with Gasteiger partial charge in [0.25, 0.3) is 0 Å². The van der Waals surface area contributed by atoms with Gasteiger partial charge in [-0.3, -0.25) is 5.10 Å². The van der Waals surface area contributed by atoms with E-state index in [1.54, 1.807) is 0 Å². The Bertz CT molecular complexity index is 1580. The summed E-state index contributed by atoms with van der Waals surface area (Å²) >= 11 is 0. The van der Waals surface area contributed by atoms with Crippen LogP contribution in [0.1, 0.15) is 11.5 Å². The first-order chi connectivity index (χ1) is 15.1. The lowest BCUT2D eigenvalue weighted by molar-refractivity contribution is 0.865. The summed E-state index contributed by atoms with van der Waals surface area (Å²) in [5.41, 5.74) is 7.69. The number of hydrogen-bond acceptors (Lipinski definition) is 4. The molecule has 8 heteroatoms. The van der Waals surface area contributed by atoms with Gasteiger partial charge in [0.2, 0.25) is 0 Å². The van der Waals surface area contributed by atoms with Crippen molar-refractivity contribution >= 4 is 21.9 Å². The van der Waals surface area contributed by atoms with Gasteiger partial charge in [-0.05, 0) is 38.1 Å². The Labute approximate surface area is 177 Å². The fourth-order valence-electron chi connectivity index (χ4n) is 4.07. The second kappa shape index (κ2) is 6.40. The number of nitrogens with zero attached hydrogens (tertiary/aromatic N) is 6. The number of aromatic nitrogens is 8. The Balaban J connectivity index is 1.52. The first-order valence-corrected chi connectivity index (χ1v) is 10.0. The van der Waals surface area contributed by atoms with E-state index in [4.69, 9.17) is 0 Å². The standard InChI is InChI=1S/C23H20N8/c1-13-11-31(12-26-13)20-6-4-5-18-16(20)8-19(27-18)22-17-7-15(9-25-23(17)29-28-22)21-10-24-14(2)30(21)3/h4-12,27H,1-3H3,(H,25,28,29). The fraction of sp³-hybridized carbons (Fsp3) is 0.130. The first kappa shape index (κ1) is 17.6. The normalized spacial score (nSPS) is 11.7. The average Bonchev–Trinajstić information content (AvgIpc) is 3.54. The Morgan fingerprint density at radius 3 is 2.65 bits per heavy atom. The zero-order valence-electron chi connectivity index (χ0n) is 17.4. The quantitative estimate of drug-likeness (QED) is 0.456. The third-order valence-electron chi connectivity index (χ3n) is 5.83. The molecule has 0 amide bonds. The smallest absolute Gasteiger partial charge is 0.181 e. The zero-order chi connectivity index (χ0) is 21.1. The highest BCUT2D eigenvalue weighted by Crippen LogP contribution is 2.32. The maximum absolute atomic E-state index is 4.57. The monoisotopic (exact) mass is 408 g/mol. The van der Waals surface area contributed by atoms with E-state index in [1.165, 1.54) is 0 Å². The van der Waals surface area contributed by atoms with Crippen molar-refractivity contribution in [2.45, 2.75) is 13.8 Å². The molecule has 0 radical (unpaired) electrons. The molecule has 0 atom stereocenters. The van der Waals surface area contributed by atoms with E-state index in [0.717, 1.165) is 56.1 Å². The second-order valence-corrected chi connectivity index (χ2v) is 7.79. The lowest BCUT2D eigenvalue weighted by atomic mass is 10.1. The molecule has 8 nitrogen and oxygen atoms in total. The number of rotatable bonds is 3. The number of benzene rings is 1. The molecule has 0 saturated heterocycles. The molecule has 6 rings (SSSR count). The molecule has 1 aromatic carbocycles. The van der Waals surface area contributed by atoms with Gasteiger partial charge in [-0.1, -0.05) is 6.07 Å². The minimum atomic E-state index is 0.682. The lowest BCUT2D eigenvalue weighted by Crippen LogP contribution is -1.94. The Morgan fingerprint density at radius 2 is 1.87 bits per heavy atom. The van der Waals surface area contributed by atoms with Gasteiger partial charge in [0.05, 0.1) is 41.0 Å². The van der Waals surface area contributed by atoms with Crippen LogP contribution in [0.4, 0.5) is 0 Å². The van der Waals surface area contributed by atoms with E-state index < -0.39 is 0 Å². The van der Waals surface area contributed by atoms with Crippen LogP contribution in [0.5, 0.6) is 0 Å². The molecule has 5 aromatic heterocycles. The van der Waals surface area contributed by atoms with Gasteiger partial charge >= 0.3 is 0 Å². The molecule has 0 saturated carbocycles. The maximum Gasteiger partial charge on any atom is 0.181 e. The van der Waals surface area contributed by atoms with Crippen LogP contribution in [0.25, 0.3) is 50.3 Å². The van der Waals surface area contributed by atoms with Crippen molar-refractivity contribution < 1.29 is 0 Å². The van der Waals surface area contributed by atoms with E-state index in [1.807, 2.05) is 56.4 Å². The molecule has 5 heterocycles. The molecule has 31 heavy (non-hydrogen) atoms. The molecule has 0 spiro atoms. The molecule has 0 bridgehead atoms. The predicted octanol–water partition coefficient (Wildman–Crippen LogP) is 4.31. The van der Waals surface area contributed by atoms with Crippen molar-refractivity contribution in [1.29, 1.82) is 0 Å². The van der Waals surface area contributed by atoms with Crippen LogP contribution in [0.2, 0.25) is 0 Å². The van der Waals surface area contributed by atoms with Crippen LogP contribution >= 0.6 is 0 Å². The largest absolute Gasteiger partial charge is 0.353 e. The van der Waals surface area contributed by atoms with Crippen molar-refractivity contribution in [2.24, 2.45) is 7.05 Å². The van der Waals surface area contributed by atoms with Crippen LogP contribution in [0.15, 0.2) is 55.2 Å². The molecule has 2 N–H and O–H groups in total. The number of pyridine rings is 1. The molecule has 6 aromatic rings. The number of aryl methyl sites for hydroxylation is 2. The number of H-pyrrole nitrogens is 2. The first-order valence-electron chi connectivity index (χ1n) is 10.0. The summed E-state index contributed by atoms with van der Waals surface area (Å²) in [4.78, 5) is 16.9. The minimum absolute atomic E-state index is 0.682. The third kappa shape index (κ3) is 2.68. The third-order valence-corrected chi connectivity index (χ3v) is 5.83. The van der Waals surface area contributed by atoms with Crippen molar-refractivity contribution in [3.05, 3.63) is 66.8 Å². The van der Waals surface area contributed by atoms with Crippen molar-refractivity contribution in [3.8, 4) is 28.3 Å². The number of aromatic amines is 2. The highest BCUT2D eigenvalue weighted by Gasteiger charge is 2.15. The molecule has 0 aliphatic rings. The molecule has 0 fully saturated rings. The lowest BCUT2D eigenvalue weighted by Gasteiger charge is -2.04. The predicted molar refractivity (Wildman–Crippen MR) is 120 cm³/mol. The summed E-state index contributed by atoms with van der Waals surface area (Å²) in [6, 6.07) is 10.5. The zero-order valence-corrected chi connectivity index (χ0v) is 17.4. The molecule has 152 valence electrons. The highest BCUT2D eigenvalue weighted by molar-refractivity contribution is 5.98. The Hall–Kier alpha value is -4.20. The van der Waals surface area contributed by atoms with Crippen LogP contribution in [-0.4, -0.2) is 39.3 Å². The van der Waals surface area contributed by atoms with E-state index in [2.05, 4.69) is 59.0 Å². The van der Waals surface area contributed by atoms with Gasteiger partial charge in [0.15, 0.2) is 5.65 Å². The SMILES string of the molecule is Cc1cn(-c2cccc3[nH]c(-c4[nH]nc5ncc(-c6cnc(C)n6C)cc45)cc23)cn1. The van der Waals surface area contributed by atoms with E-state index >= 15 is 0 Å². The minimum Gasteiger partial charge on any atom is -0.353 e. The molecule has 0 unspecified atom stereocenters. The molecular formula is C23H20N8. The van der Waals surface area contributed by atoms with Crippen molar-refractivity contribution in [1.82, 2.24) is 39.3 Å². The van der Waals surface area contributed by atoms with Gasteiger partial charge in [0.1, 0.15) is 5.82 Å². The van der Waals surface area contributed by atoms with E-state index in [0.29, 0.717) is 5.65 Å². The number of fused-ring (bicyclic) bond motifs is 2. The number of nitrogens with one attached hydrogen (secondary N) is 2. The van der Waals surface area contributed by atoms with Gasteiger partial charge in [-0.25, -0.2) is 15.0 Å². The van der Waals surface area contributed by atoms with Gasteiger partial charge in [0, 0.05) is 41.3 Å². The summed E-state index contributed by atoms with van der Waals surface area (Å²) in [5.74, 6) is 0.959. The Morgan fingerprint density at radius 1 is 0.968 bits per heavy atom. The topological polar surface area (TPSA) is 93.0 Å². The van der Waals surface area contributed by atoms with Crippen LogP contribution in [0, 0.1) is 13.8 Å². The summed E-state index contributed by atoms with van der Waals surface area (Å²) in [6.45, 7) is 3.98. The van der Waals surface area contributed by atoms with Crippen LogP contribution in [0.3, 0.4) is 0 Å². The Kier molecular flexibility index (Phi) is 3.64. The summed E-state index contributed by atoms with van der Waals surface area (Å²) in [6.07, 6.45) is 7.59. The van der Waals surface area contributed by atoms with E-state index in [9.17, 15) is 0 Å². The number of imidazole rings is 2. The van der Waals surface area contributed by atoms with Crippen molar-refractivity contribution in [3.63, 3.8) is 0 Å². The van der Waals surface area contributed by atoms with E-state index in [-0.39, 0.29) is 0 Å². The van der Waals surface area contributed by atoms with Crippen LogP contribution < -0.4 is 0 Å². The van der Waals surface area contributed by atoms with Gasteiger partial charge < -0.3 is 14.1 Å². The molecule has 0 aliphatic carbocycles. The highest BCUT2D eigenvalue weighted by atomic mass is 15.2. The maximum atomic E-state index is 4.57.